The van der Waals surface area contributed by atoms with Gasteiger partial charge in [0, 0.05) is 12.6 Å². The fourth-order valence-corrected chi connectivity index (χ4v) is 2.40. The number of aryl methyl sites for hydroxylation is 1. The van der Waals surface area contributed by atoms with E-state index in [2.05, 4.69) is 23.5 Å². The maximum atomic E-state index is 5.62. The van der Waals surface area contributed by atoms with Crippen LogP contribution in [0.3, 0.4) is 0 Å². The molecule has 1 fully saturated rings. The van der Waals surface area contributed by atoms with E-state index in [0.717, 1.165) is 31.4 Å². The Balaban J connectivity index is 1.65. The van der Waals surface area contributed by atoms with Gasteiger partial charge in [0.15, 0.2) is 0 Å². The zero-order valence-electron chi connectivity index (χ0n) is 9.67. The van der Waals surface area contributed by atoms with Crippen LogP contribution in [0.1, 0.15) is 36.8 Å². The molecule has 16 heavy (non-hydrogen) atoms. The van der Waals surface area contributed by atoms with Crippen molar-refractivity contribution in [2.45, 2.75) is 44.7 Å². The molecule has 0 saturated heterocycles. The first-order valence-corrected chi connectivity index (χ1v) is 6.40. The molecule has 0 amide bonds. The quantitative estimate of drug-likeness (QED) is 0.840. The molecule has 0 unspecified atom stereocenters. The van der Waals surface area contributed by atoms with Crippen molar-refractivity contribution in [2.24, 2.45) is 0 Å². The standard InChI is InChI=1S/C14H19NO/c1-4-13(5-1)15-10-11-6-7-14-12(9-11)3-2-8-16-14/h6-7,9,13,15H,1-5,8,10H2. The fraction of sp³-hybridized carbons (Fsp3) is 0.571. The summed E-state index contributed by atoms with van der Waals surface area (Å²) in [5.74, 6) is 1.10. The molecule has 1 aromatic rings. The molecule has 1 aliphatic carbocycles. The molecular formula is C14H19NO. The summed E-state index contributed by atoms with van der Waals surface area (Å²) in [6.45, 7) is 1.89. The Hall–Kier alpha value is -1.02. The van der Waals surface area contributed by atoms with Gasteiger partial charge in [0.1, 0.15) is 5.75 Å². The molecule has 86 valence electrons. The van der Waals surface area contributed by atoms with E-state index in [1.807, 2.05) is 0 Å². The van der Waals surface area contributed by atoms with Crippen molar-refractivity contribution in [3.63, 3.8) is 0 Å². The van der Waals surface area contributed by atoms with Gasteiger partial charge >= 0.3 is 0 Å². The van der Waals surface area contributed by atoms with Crippen LogP contribution >= 0.6 is 0 Å². The van der Waals surface area contributed by atoms with Crippen LogP contribution in [0.25, 0.3) is 0 Å². The van der Waals surface area contributed by atoms with Gasteiger partial charge in [-0.2, -0.15) is 0 Å². The number of fused-ring (bicyclic) bond motifs is 1. The number of nitrogens with one attached hydrogen (secondary N) is 1. The van der Waals surface area contributed by atoms with Gasteiger partial charge in [0.2, 0.25) is 0 Å². The largest absolute Gasteiger partial charge is 0.493 e. The van der Waals surface area contributed by atoms with E-state index < -0.39 is 0 Å². The van der Waals surface area contributed by atoms with Crippen LogP contribution < -0.4 is 10.1 Å². The van der Waals surface area contributed by atoms with Crippen molar-refractivity contribution in [1.82, 2.24) is 5.32 Å². The van der Waals surface area contributed by atoms with E-state index in [4.69, 9.17) is 4.74 Å². The number of hydrogen-bond donors (Lipinski definition) is 1. The molecule has 1 saturated carbocycles. The average molecular weight is 217 g/mol. The summed E-state index contributed by atoms with van der Waals surface area (Å²) in [7, 11) is 0. The predicted octanol–water partition coefficient (Wildman–Crippen LogP) is 2.65. The molecule has 0 bridgehead atoms. The average Bonchev–Trinajstić information content (AvgIpc) is 2.27. The Kier molecular flexibility index (Phi) is 2.83. The topological polar surface area (TPSA) is 21.3 Å². The second kappa shape index (κ2) is 4.46. The summed E-state index contributed by atoms with van der Waals surface area (Å²) in [6, 6.07) is 7.40. The van der Waals surface area contributed by atoms with E-state index in [1.54, 1.807) is 0 Å². The molecular weight excluding hydrogens is 198 g/mol. The lowest BCUT2D eigenvalue weighted by Gasteiger charge is -2.27. The van der Waals surface area contributed by atoms with E-state index in [9.17, 15) is 0 Å². The highest BCUT2D eigenvalue weighted by Gasteiger charge is 2.16. The highest BCUT2D eigenvalue weighted by atomic mass is 16.5. The van der Waals surface area contributed by atoms with Gasteiger partial charge < -0.3 is 10.1 Å². The van der Waals surface area contributed by atoms with Crippen LogP contribution in [0.4, 0.5) is 0 Å². The Morgan fingerprint density at radius 2 is 2.19 bits per heavy atom. The van der Waals surface area contributed by atoms with Crippen LogP contribution in [0.2, 0.25) is 0 Å². The molecule has 2 aliphatic rings. The number of hydrogen-bond acceptors (Lipinski definition) is 2. The van der Waals surface area contributed by atoms with Crippen molar-refractivity contribution in [3.05, 3.63) is 29.3 Å². The van der Waals surface area contributed by atoms with Gasteiger partial charge in [0.05, 0.1) is 6.61 Å². The van der Waals surface area contributed by atoms with Gasteiger partial charge in [-0.15, -0.1) is 0 Å². The molecule has 3 rings (SSSR count). The minimum Gasteiger partial charge on any atom is -0.493 e. The van der Waals surface area contributed by atoms with E-state index in [-0.39, 0.29) is 0 Å². The second-order valence-corrected chi connectivity index (χ2v) is 4.90. The summed E-state index contributed by atoms with van der Waals surface area (Å²) in [4.78, 5) is 0. The van der Waals surface area contributed by atoms with Crippen molar-refractivity contribution in [1.29, 1.82) is 0 Å². The first-order valence-electron chi connectivity index (χ1n) is 6.40. The summed E-state index contributed by atoms with van der Waals surface area (Å²) in [5.41, 5.74) is 2.79. The maximum Gasteiger partial charge on any atom is 0.122 e. The van der Waals surface area contributed by atoms with Crippen molar-refractivity contribution < 1.29 is 4.74 Å². The Bertz CT molecular complexity index is 371. The lowest BCUT2D eigenvalue weighted by Crippen LogP contribution is -2.34. The van der Waals surface area contributed by atoms with E-state index in [1.165, 1.54) is 36.8 Å². The van der Waals surface area contributed by atoms with Gasteiger partial charge in [-0.1, -0.05) is 18.6 Å². The summed E-state index contributed by atoms with van der Waals surface area (Å²) in [6.07, 6.45) is 6.44. The molecule has 0 radical (unpaired) electrons. The van der Waals surface area contributed by atoms with Gasteiger partial charge in [-0.25, -0.2) is 0 Å². The lowest BCUT2D eigenvalue weighted by atomic mass is 9.93. The number of benzene rings is 1. The second-order valence-electron chi connectivity index (χ2n) is 4.90. The predicted molar refractivity (Wildman–Crippen MR) is 64.7 cm³/mol. The number of rotatable bonds is 3. The zero-order chi connectivity index (χ0) is 10.8. The minimum atomic E-state index is 0.771. The van der Waals surface area contributed by atoms with Crippen molar-refractivity contribution >= 4 is 0 Å². The first-order chi connectivity index (χ1) is 7.92. The SMILES string of the molecule is c1cc2c(cc1CNC1CCC1)CCCO2. The Labute approximate surface area is 97.0 Å². The molecule has 0 aromatic heterocycles. The molecule has 1 N–H and O–H groups in total. The maximum absolute atomic E-state index is 5.62. The molecule has 1 aromatic carbocycles. The van der Waals surface area contributed by atoms with Crippen LogP contribution in [0, 0.1) is 0 Å². The molecule has 0 atom stereocenters. The molecule has 1 heterocycles. The van der Waals surface area contributed by atoms with Gasteiger partial charge in [-0.3, -0.25) is 0 Å². The highest BCUT2D eigenvalue weighted by molar-refractivity contribution is 5.38. The third-order valence-corrected chi connectivity index (χ3v) is 3.67. The normalized spacial score (nSPS) is 19.8. The van der Waals surface area contributed by atoms with Crippen LogP contribution in [0.15, 0.2) is 18.2 Å². The van der Waals surface area contributed by atoms with Crippen LogP contribution in [-0.2, 0) is 13.0 Å². The highest BCUT2D eigenvalue weighted by Crippen LogP contribution is 2.26. The van der Waals surface area contributed by atoms with Gasteiger partial charge in [-0.05, 0) is 42.9 Å². The van der Waals surface area contributed by atoms with E-state index >= 15 is 0 Å². The molecule has 1 aliphatic heterocycles. The smallest absolute Gasteiger partial charge is 0.122 e. The summed E-state index contributed by atoms with van der Waals surface area (Å²) < 4.78 is 5.62. The summed E-state index contributed by atoms with van der Waals surface area (Å²) >= 11 is 0. The zero-order valence-corrected chi connectivity index (χ0v) is 9.67. The summed E-state index contributed by atoms with van der Waals surface area (Å²) in [5, 5.41) is 3.60. The molecule has 2 heteroatoms. The third kappa shape index (κ3) is 2.07. The molecule has 0 spiro atoms. The Morgan fingerprint density at radius 1 is 1.25 bits per heavy atom. The minimum absolute atomic E-state index is 0.771. The lowest BCUT2D eigenvalue weighted by molar-refractivity contribution is 0.288. The fourth-order valence-electron chi connectivity index (χ4n) is 2.40. The number of ether oxygens (including phenoxy) is 1. The Morgan fingerprint density at radius 3 is 3.00 bits per heavy atom. The van der Waals surface area contributed by atoms with E-state index in [0.29, 0.717) is 0 Å². The molecule has 2 nitrogen and oxygen atoms in total. The van der Waals surface area contributed by atoms with Crippen molar-refractivity contribution in [3.8, 4) is 5.75 Å². The monoisotopic (exact) mass is 217 g/mol. The third-order valence-electron chi connectivity index (χ3n) is 3.67. The first kappa shape index (κ1) is 10.2. The van der Waals surface area contributed by atoms with Crippen LogP contribution in [0.5, 0.6) is 5.75 Å². The van der Waals surface area contributed by atoms with Gasteiger partial charge in [0.25, 0.3) is 0 Å². The van der Waals surface area contributed by atoms with Crippen LogP contribution in [-0.4, -0.2) is 12.6 Å². The van der Waals surface area contributed by atoms with Crippen molar-refractivity contribution in [2.75, 3.05) is 6.61 Å².